The van der Waals surface area contributed by atoms with Gasteiger partial charge in [-0.2, -0.15) is 11.8 Å². The molecule has 1 aliphatic carbocycles. The molecule has 0 aromatic heterocycles. The first kappa shape index (κ1) is 89.6. The van der Waals surface area contributed by atoms with Crippen LogP contribution in [0.4, 0.5) is 15.3 Å². The molecular weight excluding hydrogens is 1360 g/mol. The van der Waals surface area contributed by atoms with Crippen LogP contribution < -0.4 is 37.6 Å². The monoisotopic (exact) mass is 1480 g/mol. The van der Waals surface area contributed by atoms with E-state index in [1.165, 1.54) is 31.1 Å². The molecule has 2 aromatic rings. The van der Waals surface area contributed by atoms with Crippen molar-refractivity contribution < 1.29 is 91.1 Å². The second-order valence-electron chi connectivity index (χ2n) is 27.4. The van der Waals surface area contributed by atoms with Crippen LogP contribution in [-0.2, 0) is 83.0 Å². The number of rotatable bonds is 43. The third-order valence-corrected chi connectivity index (χ3v) is 19.4. The zero-order chi connectivity index (χ0) is 78.2. The summed E-state index contributed by atoms with van der Waals surface area (Å²) in [6.07, 6.45) is -2.40. The zero-order valence-electron chi connectivity index (χ0n) is 63.3. The highest BCUT2D eigenvalue weighted by atomic mass is 32.2. The molecule has 1 unspecified atom stereocenters. The molecule has 3 rings (SSSR count). The number of aliphatic hydroxyl groups excluding tert-OH is 1. The Morgan fingerprint density at radius 3 is 1.77 bits per heavy atom. The topological polar surface area (TPSA) is 388 Å². The molecule has 0 aliphatic heterocycles. The van der Waals surface area contributed by atoms with Crippen molar-refractivity contribution in [1.29, 1.82) is 0 Å². The van der Waals surface area contributed by atoms with Gasteiger partial charge in [0.1, 0.15) is 49.1 Å². The van der Waals surface area contributed by atoms with Gasteiger partial charge in [0.15, 0.2) is 0 Å². The van der Waals surface area contributed by atoms with Crippen molar-refractivity contribution in [2.75, 3.05) is 58.7 Å². The predicted octanol–water partition coefficient (Wildman–Crippen LogP) is 5.86. The van der Waals surface area contributed by atoms with Gasteiger partial charge in [-0.15, -0.1) is 0 Å². The first-order chi connectivity index (χ1) is 49.0. The van der Waals surface area contributed by atoms with Crippen LogP contribution in [0.5, 0.6) is 0 Å². The number of aliphatic hydroxyl groups is 1. The summed E-state index contributed by atoms with van der Waals surface area (Å²) < 4.78 is 33.9. The largest absolute Gasteiger partial charge is 0.462 e. The van der Waals surface area contributed by atoms with Crippen LogP contribution in [-0.4, -0.2) is 217 Å². The summed E-state index contributed by atoms with van der Waals surface area (Å²) in [6, 6.07) is 8.11. The number of anilines is 1. The summed E-state index contributed by atoms with van der Waals surface area (Å²) in [4.78, 5) is 164. The minimum absolute atomic E-state index is 0.0373. The number of likely N-dealkylation sites (N-methyl/N-ethyl adjacent to an activating group) is 3. The van der Waals surface area contributed by atoms with Gasteiger partial charge in [-0.1, -0.05) is 124 Å². The molecule has 15 atom stereocenters. The average molecular weight is 1480 g/mol. The summed E-state index contributed by atoms with van der Waals surface area (Å²) in [5.41, 5.74) is 6.71. The Morgan fingerprint density at radius 1 is 0.673 bits per heavy atom. The Balaban J connectivity index is 1.65. The molecular formula is C74H114N10O19S. The third kappa shape index (κ3) is 28.8. The lowest BCUT2D eigenvalue weighted by atomic mass is 9.89. The first-order valence-corrected chi connectivity index (χ1v) is 36.5. The molecule has 0 heterocycles. The predicted molar refractivity (Wildman–Crippen MR) is 392 cm³/mol. The van der Waals surface area contributed by atoms with Gasteiger partial charge in [0.05, 0.1) is 60.9 Å². The Labute approximate surface area is 616 Å². The number of benzene rings is 2. The van der Waals surface area contributed by atoms with Crippen molar-refractivity contribution in [1.82, 2.24) is 41.3 Å². The van der Waals surface area contributed by atoms with E-state index in [0.29, 0.717) is 23.2 Å². The van der Waals surface area contributed by atoms with Crippen molar-refractivity contribution in [3.05, 3.63) is 91.0 Å². The van der Waals surface area contributed by atoms with Gasteiger partial charge in [-0.25, -0.2) is 19.2 Å². The molecule has 1 aliphatic rings. The van der Waals surface area contributed by atoms with Gasteiger partial charge in [0.2, 0.25) is 41.4 Å². The van der Waals surface area contributed by atoms with Crippen LogP contribution in [0.1, 0.15) is 145 Å². The van der Waals surface area contributed by atoms with Crippen molar-refractivity contribution in [3.63, 3.8) is 0 Å². The standard InChI is InChI=1S/C74H114N10O19S/c1-19-45(10)65(56(98-17)39-58(86)82(14)48(13)67(99-18)46(11)68(91)77-47(12)66(90)50-26-23-22-24-27-50)83(15)72(95)63(43(6)7)81-71(94)64(44(8)9)84(16)74(97)100-40-49-29-31-51(32-30-49)78-69(92)55(28-25-34-76-73(75)96)79-70(93)62(42(4)5)80-57(85)41-104-35-33-61(89)103-54-37-52(101-59(87)20-2)36-53(38-54)102-60(88)21-3/h20-24,26-27,29-32,42-48,52-56,62-67,90H,2-3,19,25,28,33-41H2,1,4-18H3,(H,77,91)(H,78,92)(H,79,93)(H,80,85)(H,81,94)(H3,75,76,96)/t45-,46-,47-,48+,52-,53+,54?,55+,56-,62+,63+,64+,65+,66-,67-/m1/s1. The summed E-state index contributed by atoms with van der Waals surface area (Å²) in [5.74, 6) is -7.86. The fourth-order valence-electron chi connectivity index (χ4n) is 12.3. The second kappa shape index (κ2) is 44.9. The highest BCUT2D eigenvalue weighted by molar-refractivity contribution is 7.99. The number of nitrogens with one attached hydrogen (secondary N) is 6. The Kier molecular flexibility index (Phi) is 38.7. The van der Waals surface area contributed by atoms with Crippen LogP contribution in [0.2, 0.25) is 0 Å². The number of hydrogen-bond acceptors (Lipinski definition) is 20. The van der Waals surface area contributed by atoms with Crippen molar-refractivity contribution in [3.8, 4) is 0 Å². The SMILES string of the molecule is C=CC(=O)O[C@@H]1CC(OC(=O)CCSCC(=O)N[C@H](C(=O)N[C@@H](CCCNC(N)=O)C(=O)Nc2ccc(COC(=O)N(C)[C@H](C(=O)N[C@H](C(=O)N(C)[C@@H]([C@H](C)CC)[C@@H](CC(=O)N(C)[C@@H](C)[C@H](OC)[C@@H](C)C(=O)N[C@H](C)[C@@H](O)c3ccccc3)OC)C(C)C)C(C)C)cc2)C(C)C)C[C@H](OC(=O)C=C)C1. The quantitative estimate of drug-likeness (QED) is 0.0167. The number of carbonyl (C=O) groups is 12. The van der Waals surface area contributed by atoms with E-state index in [2.05, 4.69) is 45.1 Å². The first-order valence-electron chi connectivity index (χ1n) is 35.3. The van der Waals surface area contributed by atoms with Crippen LogP contribution in [0, 0.1) is 29.6 Å². The van der Waals surface area contributed by atoms with E-state index in [0.717, 1.165) is 28.8 Å². The number of carbonyl (C=O) groups excluding carboxylic acids is 12. The molecule has 30 heteroatoms. The van der Waals surface area contributed by atoms with E-state index < -0.39 is 162 Å². The minimum Gasteiger partial charge on any atom is -0.462 e. The molecule has 29 nitrogen and oxygen atoms in total. The number of hydrogen-bond donors (Lipinski definition) is 8. The molecule has 0 spiro atoms. The Bertz CT molecular complexity index is 3150. The Morgan fingerprint density at radius 2 is 1.25 bits per heavy atom. The van der Waals surface area contributed by atoms with Crippen molar-refractivity contribution in [2.24, 2.45) is 35.3 Å². The molecule has 0 saturated heterocycles. The van der Waals surface area contributed by atoms with Gasteiger partial charge in [0, 0.05) is 84.8 Å². The maximum Gasteiger partial charge on any atom is 0.410 e. The van der Waals surface area contributed by atoms with E-state index in [1.54, 1.807) is 125 Å². The lowest BCUT2D eigenvalue weighted by Gasteiger charge is -2.41. The van der Waals surface area contributed by atoms with Crippen LogP contribution in [0.15, 0.2) is 79.9 Å². The maximum atomic E-state index is 14.8. The van der Waals surface area contributed by atoms with Crippen molar-refractivity contribution >= 4 is 88.8 Å². The number of nitrogens with two attached hydrogens (primary N) is 1. The van der Waals surface area contributed by atoms with E-state index in [4.69, 9.17) is 34.2 Å². The molecule has 10 amide bonds. The van der Waals surface area contributed by atoms with Gasteiger partial charge >= 0.3 is 30.0 Å². The highest BCUT2D eigenvalue weighted by Crippen LogP contribution is 2.29. The molecule has 9 N–H and O–H groups in total. The normalized spacial score (nSPS) is 17.7. The van der Waals surface area contributed by atoms with Gasteiger partial charge < -0.3 is 81.0 Å². The van der Waals surface area contributed by atoms with E-state index in [9.17, 15) is 62.6 Å². The number of nitrogens with zero attached hydrogens (tertiary/aromatic N) is 3. The average Bonchev–Trinajstić information content (AvgIpc) is 0.815. The summed E-state index contributed by atoms with van der Waals surface area (Å²) in [5, 5.41) is 27.4. The summed E-state index contributed by atoms with van der Waals surface area (Å²) >= 11 is 1.11. The number of urea groups is 1. The summed E-state index contributed by atoms with van der Waals surface area (Å²) in [7, 11) is 7.56. The minimum atomic E-state index is -1.17. The smallest absolute Gasteiger partial charge is 0.410 e. The second-order valence-corrected chi connectivity index (χ2v) is 28.5. The molecule has 104 heavy (non-hydrogen) atoms. The van der Waals surface area contributed by atoms with Crippen LogP contribution in [0.25, 0.3) is 0 Å². The van der Waals surface area contributed by atoms with Crippen LogP contribution >= 0.6 is 11.8 Å². The Hall–Kier alpha value is -8.61. The highest BCUT2D eigenvalue weighted by Gasteiger charge is 2.42. The zero-order valence-corrected chi connectivity index (χ0v) is 64.1. The summed E-state index contributed by atoms with van der Waals surface area (Å²) in [6.45, 7) is 26.1. The van der Waals surface area contributed by atoms with Gasteiger partial charge in [-0.3, -0.25) is 43.3 Å². The lowest BCUT2D eigenvalue weighted by Crippen LogP contribution is -2.60. The number of ether oxygens (including phenoxy) is 6. The molecule has 580 valence electrons. The molecule has 0 radical (unpaired) electrons. The van der Waals surface area contributed by atoms with E-state index >= 15 is 0 Å². The van der Waals surface area contributed by atoms with Gasteiger partial charge in [-0.05, 0) is 73.6 Å². The van der Waals surface area contributed by atoms with E-state index in [-0.39, 0.29) is 87.3 Å². The molecule has 1 fully saturated rings. The van der Waals surface area contributed by atoms with Crippen molar-refractivity contribution in [2.45, 2.75) is 213 Å². The van der Waals surface area contributed by atoms with Gasteiger partial charge in [0.25, 0.3) is 0 Å². The molecule has 2 aromatic carbocycles. The van der Waals surface area contributed by atoms with Crippen LogP contribution in [0.3, 0.4) is 0 Å². The maximum absolute atomic E-state index is 14.8. The third-order valence-electron chi connectivity index (χ3n) is 18.5. The van der Waals surface area contributed by atoms with E-state index in [1.807, 2.05) is 19.9 Å². The number of methoxy groups -OCH3 is 2. The number of thioether (sulfide) groups is 1. The number of amides is 10. The molecule has 1 saturated carbocycles. The number of esters is 3. The lowest BCUT2D eigenvalue weighted by molar-refractivity contribution is -0.165. The number of primary amides is 1. The molecule has 0 bridgehead atoms. The fourth-order valence-corrected chi connectivity index (χ4v) is 13.0. The fraction of sp³-hybridized carbons (Fsp3) is 0.622.